The second kappa shape index (κ2) is 21.6. The van der Waals surface area contributed by atoms with Gasteiger partial charge in [0.2, 0.25) is 11.8 Å². The van der Waals surface area contributed by atoms with Gasteiger partial charge >= 0.3 is 12.1 Å². The standard InChI is InChI=1S/C60H49N7O11/c68-33-34-76-50-25-13-10-22-44(50)55-60(51(56(70)61-36-49(69)40-16-4-1-5-17-40)53-57(71)78-54(42-20-8-3-9-21-42)52(66(53)55)41-18-6-2-7-19-41)45-35-38(15-14-32-64-48-24-12-11-23-46(48)62-63-64)28-31-47(45)65(58(60)72)59(73)77-37-39-26-29-43(30-27-39)67(74)75/h1-13,16-31,35,49,51-55,68-69H,32-34,36-37H2,(H,61,70)/t49-,51-,52-,53-,54+,55+,60-/m0/s1. The molecule has 11 rings (SSSR count). The van der Waals surface area contributed by atoms with E-state index in [4.69, 9.17) is 14.2 Å². The Morgan fingerprint density at radius 1 is 0.821 bits per heavy atom. The molecule has 0 radical (unpaired) electrons. The van der Waals surface area contributed by atoms with E-state index in [2.05, 4.69) is 27.5 Å². The van der Waals surface area contributed by atoms with Gasteiger partial charge in [-0.2, -0.15) is 0 Å². The fourth-order valence-corrected chi connectivity index (χ4v) is 11.2. The number of hydrogen-bond acceptors (Lipinski definition) is 14. The van der Waals surface area contributed by atoms with Crippen LogP contribution in [0, 0.1) is 27.9 Å². The summed E-state index contributed by atoms with van der Waals surface area (Å²) >= 11 is 0. The highest BCUT2D eigenvalue weighted by atomic mass is 16.6. The van der Waals surface area contributed by atoms with E-state index in [0.717, 1.165) is 10.4 Å². The number of aliphatic hydroxyl groups is 2. The molecule has 1 spiro atoms. The number of benzene rings is 7. The van der Waals surface area contributed by atoms with Gasteiger partial charge < -0.3 is 29.7 Å². The Morgan fingerprint density at radius 3 is 2.23 bits per heavy atom. The summed E-state index contributed by atoms with van der Waals surface area (Å²) in [5.41, 5.74) is 1.95. The van der Waals surface area contributed by atoms with Crippen molar-refractivity contribution in [1.29, 1.82) is 0 Å². The predicted octanol–water partition coefficient (Wildman–Crippen LogP) is 7.61. The number of para-hydroxylation sites is 2. The SMILES string of the molecule is O=C1O[C@H](c2ccccc2)[C@H](c2ccccc2)N2[C@H]1[C@@H](C(=O)NC[C@H](O)c1ccccc1)[C@]1(C(=O)N(C(=O)OCc3ccc([N+](=O)[O-])cc3)c3ccc(C#CCn4nnc5ccccc54)cc31)[C@H]2c1ccccc1OCCO. The van der Waals surface area contributed by atoms with Crippen LogP contribution in [0.1, 0.15) is 63.2 Å². The molecular weight excluding hydrogens is 995 g/mol. The zero-order chi connectivity index (χ0) is 53.9. The lowest BCUT2D eigenvalue weighted by Crippen LogP contribution is -2.56. The maximum Gasteiger partial charge on any atom is 0.421 e. The molecule has 3 N–H and O–H groups in total. The van der Waals surface area contributed by atoms with Crippen molar-refractivity contribution in [3.8, 4) is 17.6 Å². The van der Waals surface area contributed by atoms with Gasteiger partial charge in [-0.15, -0.1) is 5.10 Å². The minimum absolute atomic E-state index is 0.0199. The fraction of sp³-hybridized carbons (Fsp3) is 0.200. The Morgan fingerprint density at radius 2 is 1.50 bits per heavy atom. The normalized spacial score (nSPS) is 20.7. The third-order valence-corrected chi connectivity index (χ3v) is 14.5. The van der Waals surface area contributed by atoms with E-state index < -0.39 is 77.1 Å². The number of amides is 3. The van der Waals surface area contributed by atoms with Crippen LogP contribution in [0.3, 0.4) is 0 Å². The lowest BCUT2D eigenvalue weighted by molar-refractivity contribution is -0.384. The third-order valence-electron chi connectivity index (χ3n) is 14.5. The molecule has 78 heavy (non-hydrogen) atoms. The first-order valence-corrected chi connectivity index (χ1v) is 25.2. The molecule has 0 unspecified atom stereocenters. The van der Waals surface area contributed by atoms with Gasteiger partial charge in [-0.3, -0.25) is 29.4 Å². The number of aliphatic hydroxyl groups excluding tert-OH is 2. The van der Waals surface area contributed by atoms with Gasteiger partial charge in [0, 0.05) is 29.8 Å². The number of carbonyl (C=O) groups excluding carboxylic acids is 4. The van der Waals surface area contributed by atoms with Crippen LogP contribution in [0.25, 0.3) is 11.0 Å². The molecule has 7 aromatic carbocycles. The number of cyclic esters (lactones) is 1. The molecule has 0 aliphatic carbocycles. The lowest BCUT2D eigenvalue weighted by atomic mass is 9.65. The van der Waals surface area contributed by atoms with Gasteiger partial charge in [0.1, 0.15) is 48.6 Å². The highest BCUT2D eigenvalue weighted by Crippen LogP contribution is 2.66. The van der Waals surface area contributed by atoms with Crippen LogP contribution >= 0.6 is 0 Å². The zero-order valence-electron chi connectivity index (χ0n) is 41.6. The molecule has 3 aliphatic heterocycles. The molecule has 1 aromatic heterocycles. The summed E-state index contributed by atoms with van der Waals surface area (Å²) in [7, 11) is 0. The van der Waals surface area contributed by atoms with E-state index in [1.54, 1.807) is 77.5 Å². The molecule has 3 aliphatic rings. The quantitative estimate of drug-likeness (QED) is 0.0412. The highest BCUT2D eigenvalue weighted by Gasteiger charge is 2.76. The largest absolute Gasteiger partial charge is 0.491 e. The third kappa shape index (κ3) is 9.15. The Kier molecular flexibility index (Phi) is 14.0. The molecule has 2 saturated heterocycles. The van der Waals surface area contributed by atoms with Crippen LogP contribution in [0.2, 0.25) is 0 Å². The molecule has 18 nitrogen and oxygen atoms in total. The molecule has 0 bridgehead atoms. The maximum absolute atomic E-state index is 16.8. The summed E-state index contributed by atoms with van der Waals surface area (Å²) in [6.45, 7) is -1.22. The van der Waals surface area contributed by atoms with Crippen molar-refractivity contribution in [2.75, 3.05) is 24.7 Å². The van der Waals surface area contributed by atoms with Crippen molar-refractivity contribution in [2.24, 2.45) is 5.92 Å². The Bertz CT molecular complexity index is 3630. The van der Waals surface area contributed by atoms with Crippen LogP contribution in [-0.2, 0) is 42.4 Å². The van der Waals surface area contributed by atoms with Crippen LogP contribution in [0.15, 0.2) is 182 Å². The number of fused-ring (bicyclic) bond motifs is 4. The second-order valence-corrected chi connectivity index (χ2v) is 18.9. The second-order valence-electron chi connectivity index (χ2n) is 18.9. The smallest absolute Gasteiger partial charge is 0.421 e. The number of morpholine rings is 1. The maximum atomic E-state index is 16.8. The number of anilines is 1. The van der Waals surface area contributed by atoms with Gasteiger partial charge in [0.25, 0.3) is 5.69 Å². The first kappa shape index (κ1) is 50.6. The average molecular weight is 1040 g/mol. The summed E-state index contributed by atoms with van der Waals surface area (Å²) in [5.74, 6) is 2.23. The van der Waals surface area contributed by atoms with Crippen molar-refractivity contribution >= 4 is 46.3 Å². The van der Waals surface area contributed by atoms with Gasteiger partial charge in [-0.05, 0) is 76.3 Å². The van der Waals surface area contributed by atoms with Crippen LogP contribution in [0.4, 0.5) is 16.2 Å². The van der Waals surface area contributed by atoms with Gasteiger partial charge in [0.15, 0.2) is 0 Å². The van der Waals surface area contributed by atoms with Crippen LogP contribution in [0.5, 0.6) is 5.75 Å². The number of nitrogens with zero attached hydrogens (tertiary/aromatic N) is 6. The number of aromatic nitrogens is 3. The molecule has 3 amide bonds. The van der Waals surface area contributed by atoms with E-state index in [-0.39, 0.29) is 49.0 Å². The van der Waals surface area contributed by atoms with Crippen LogP contribution < -0.4 is 15.0 Å². The summed E-state index contributed by atoms with van der Waals surface area (Å²) in [4.78, 5) is 77.1. The first-order chi connectivity index (χ1) is 38.1. The van der Waals surface area contributed by atoms with Gasteiger partial charge in [-0.1, -0.05) is 138 Å². The summed E-state index contributed by atoms with van der Waals surface area (Å²) < 4.78 is 20.5. The van der Waals surface area contributed by atoms with Crippen molar-refractivity contribution in [3.05, 3.63) is 231 Å². The van der Waals surface area contributed by atoms with Crippen LogP contribution in [-0.4, -0.2) is 84.7 Å². The molecule has 2 fully saturated rings. The number of non-ortho nitro benzene ring substituents is 1. The predicted molar refractivity (Wildman–Crippen MR) is 283 cm³/mol. The minimum Gasteiger partial charge on any atom is -0.491 e. The average Bonchev–Trinajstić information content (AvgIpc) is 2.86. The number of esters is 1. The van der Waals surface area contributed by atoms with Gasteiger partial charge in [-0.25, -0.2) is 14.4 Å². The van der Waals surface area contributed by atoms with Crippen molar-refractivity contribution in [1.82, 2.24) is 25.2 Å². The number of nitro benzene ring substituents is 1. The number of rotatable bonds is 14. The van der Waals surface area contributed by atoms with E-state index in [9.17, 15) is 20.3 Å². The topological polar surface area (TPSA) is 229 Å². The lowest BCUT2D eigenvalue weighted by Gasteiger charge is -2.46. The molecule has 7 atom stereocenters. The Labute approximate surface area is 446 Å². The van der Waals surface area contributed by atoms with E-state index >= 15 is 19.2 Å². The minimum atomic E-state index is -2.27. The number of nitrogens with one attached hydrogen (secondary N) is 1. The number of imide groups is 1. The molecule has 18 heteroatoms. The van der Waals surface area contributed by atoms with Crippen molar-refractivity contribution in [2.45, 2.75) is 48.9 Å². The molecular formula is C60H49N7O11. The summed E-state index contributed by atoms with van der Waals surface area (Å²) in [6.07, 6.45) is -3.41. The van der Waals surface area contributed by atoms with E-state index in [0.29, 0.717) is 38.9 Å². The van der Waals surface area contributed by atoms with Crippen molar-refractivity contribution < 1.29 is 48.5 Å². The molecule has 4 heterocycles. The number of ether oxygens (including phenoxy) is 3. The van der Waals surface area contributed by atoms with E-state index in [1.807, 2.05) is 89.8 Å². The Hall–Kier alpha value is -9.54. The highest BCUT2D eigenvalue weighted by molar-refractivity contribution is 6.23. The summed E-state index contributed by atoms with van der Waals surface area (Å²) in [5, 5.41) is 44.7. The van der Waals surface area contributed by atoms with Gasteiger partial charge in [0.05, 0.1) is 46.8 Å². The molecule has 0 saturated carbocycles. The number of carbonyl (C=O) groups is 4. The Balaban J connectivity index is 1.15. The zero-order valence-corrected chi connectivity index (χ0v) is 41.6. The molecule has 8 aromatic rings. The van der Waals surface area contributed by atoms with Crippen molar-refractivity contribution in [3.63, 3.8) is 0 Å². The fourth-order valence-electron chi connectivity index (χ4n) is 11.2. The first-order valence-electron chi connectivity index (χ1n) is 25.2. The molecule has 390 valence electrons. The monoisotopic (exact) mass is 1040 g/mol. The number of nitro groups is 1. The summed E-state index contributed by atoms with van der Waals surface area (Å²) in [6, 6.07) is 47.6. The number of hydrogen-bond donors (Lipinski definition) is 3. The van der Waals surface area contributed by atoms with E-state index in [1.165, 1.54) is 24.3 Å².